The lowest BCUT2D eigenvalue weighted by Crippen LogP contribution is -1.90. The molecule has 2 aromatic rings. The normalized spacial score (nSPS) is 10.1. The molecule has 0 amide bonds. The SMILES string of the molecule is N#Cc1ccc(CSc2csc(C(=O)O)c2)c(F)c1. The minimum absolute atomic E-state index is 0.266. The highest BCUT2D eigenvalue weighted by molar-refractivity contribution is 7.98. The van der Waals surface area contributed by atoms with Gasteiger partial charge < -0.3 is 5.11 Å². The fourth-order valence-electron chi connectivity index (χ4n) is 1.40. The van der Waals surface area contributed by atoms with E-state index >= 15 is 0 Å². The van der Waals surface area contributed by atoms with Crippen LogP contribution in [0.4, 0.5) is 4.39 Å². The Bertz CT molecular complexity index is 661. The zero-order valence-corrected chi connectivity index (χ0v) is 11.2. The van der Waals surface area contributed by atoms with Gasteiger partial charge in [0.05, 0.1) is 11.6 Å². The molecule has 0 aliphatic heterocycles. The fourth-order valence-corrected chi connectivity index (χ4v) is 3.26. The van der Waals surface area contributed by atoms with Crippen LogP contribution in [0.1, 0.15) is 20.8 Å². The van der Waals surface area contributed by atoms with Crippen LogP contribution in [0.2, 0.25) is 0 Å². The summed E-state index contributed by atoms with van der Waals surface area (Å²) in [7, 11) is 0. The maximum Gasteiger partial charge on any atom is 0.345 e. The molecule has 6 heteroatoms. The third-order valence-corrected chi connectivity index (χ3v) is 4.45. The largest absolute Gasteiger partial charge is 0.477 e. The molecular weight excluding hydrogens is 285 g/mol. The molecule has 1 aromatic heterocycles. The lowest BCUT2D eigenvalue weighted by molar-refractivity contribution is 0.0702. The number of nitrogens with zero attached hydrogens (tertiary/aromatic N) is 1. The molecule has 0 spiro atoms. The maximum atomic E-state index is 13.6. The number of carboxylic acid groups (broad SMARTS) is 1. The molecule has 3 nitrogen and oxygen atoms in total. The summed E-state index contributed by atoms with van der Waals surface area (Å²) in [5, 5.41) is 19.2. The lowest BCUT2D eigenvalue weighted by atomic mass is 10.1. The van der Waals surface area contributed by atoms with E-state index in [1.165, 1.54) is 17.8 Å². The highest BCUT2D eigenvalue weighted by atomic mass is 32.2. The van der Waals surface area contributed by atoms with Crippen LogP contribution in [0, 0.1) is 17.1 Å². The average molecular weight is 293 g/mol. The summed E-state index contributed by atoms with van der Waals surface area (Å²) in [6.07, 6.45) is 0. The fraction of sp³-hybridized carbons (Fsp3) is 0.0769. The van der Waals surface area contributed by atoms with Gasteiger partial charge in [-0.2, -0.15) is 5.26 Å². The molecule has 0 fully saturated rings. The third-order valence-electron chi connectivity index (χ3n) is 2.36. The van der Waals surface area contributed by atoms with Gasteiger partial charge in [0.15, 0.2) is 0 Å². The monoisotopic (exact) mass is 293 g/mol. The Kier molecular flexibility index (Phi) is 4.20. The van der Waals surface area contributed by atoms with Gasteiger partial charge in [-0.3, -0.25) is 0 Å². The van der Waals surface area contributed by atoms with E-state index in [1.807, 2.05) is 6.07 Å². The topological polar surface area (TPSA) is 61.1 Å². The molecule has 0 saturated carbocycles. The van der Waals surface area contributed by atoms with E-state index in [1.54, 1.807) is 23.6 Å². The molecule has 1 heterocycles. The second kappa shape index (κ2) is 5.87. The zero-order valence-electron chi connectivity index (χ0n) is 9.59. The first-order valence-corrected chi connectivity index (χ1v) is 7.10. The van der Waals surface area contributed by atoms with Crippen LogP contribution in [0.3, 0.4) is 0 Å². The molecule has 0 atom stereocenters. The van der Waals surface area contributed by atoms with Crippen molar-refractivity contribution >= 4 is 29.1 Å². The molecule has 1 aromatic carbocycles. The Morgan fingerprint density at radius 2 is 2.26 bits per heavy atom. The second-order valence-electron chi connectivity index (χ2n) is 3.66. The van der Waals surface area contributed by atoms with Gasteiger partial charge in [-0.25, -0.2) is 9.18 Å². The average Bonchev–Trinajstić information content (AvgIpc) is 2.86. The van der Waals surface area contributed by atoms with Gasteiger partial charge >= 0.3 is 5.97 Å². The number of hydrogen-bond acceptors (Lipinski definition) is 4. The maximum absolute atomic E-state index is 13.6. The van der Waals surface area contributed by atoms with E-state index in [9.17, 15) is 9.18 Å². The van der Waals surface area contributed by atoms with Crippen molar-refractivity contribution in [1.82, 2.24) is 0 Å². The van der Waals surface area contributed by atoms with E-state index in [2.05, 4.69) is 0 Å². The summed E-state index contributed by atoms with van der Waals surface area (Å²) < 4.78 is 13.6. The minimum atomic E-state index is -0.957. The Morgan fingerprint density at radius 3 is 2.84 bits per heavy atom. The number of thiophene rings is 1. The Balaban J connectivity index is 2.06. The van der Waals surface area contributed by atoms with Crippen LogP contribution in [-0.4, -0.2) is 11.1 Å². The van der Waals surface area contributed by atoms with Crippen molar-refractivity contribution in [2.75, 3.05) is 0 Å². The van der Waals surface area contributed by atoms with Crippen molar-refractivity contribution in [3.8, 4) is 6.07 Å². The van der Waals surface area contributed by atoms with Crippen LogP contribution in [0.25, 0.3) is 0 Å². The first-order valence-electron chi connectivity index (χ1n) is 5.23. The Hall–Kier alpha value is -1.84. The first kappa shape index (κ1) is 13.6. The van der Waals surface area contributed by atoms with E-state index in [0.29, 0.717) is 11.3 Å². The number of rotatable bonds is 4. The predicted octanol–water partition coefficient (Wildman–Crippen LogP) is 3.75. The van der Waals surface area contributed by atoms with Crippen LogP contribution >= 0.6 is 23.1 Å². The van der Waals surface area contributed by atoms with Gasteiger partial charge in [0.25, 0.3) is 0 Å². The number of aromatic carboxylic acids is 1. The van der Waals surface area contributed by atoms with Gasteiger partial charge in [-0.15, -0.1) is 23.1 Å². The highest BCUT2D eigenvalue weighted by Gasteiger charge is 2.09. The molecule has 0 unspecified atom stereocenters. The van der Waals surface area contributed by atoms with Crippen molar-refractivity contribution in [2.45, 2.75) is 10.6 Å². The highest BCUT2D eigenvalue weighted by Crippen LogP contribution is 2.28. The molecule has 1 N–H and O–H groups in total. The van der Waals surface area contributed by atoms with E-state index < -0.39 is 11.8 Å². The number of carbonyl (C=O) groups is 1. The van der Waals surface area contributed by atoms with E-state index in [4.69, 9.17) is 10.4 Å². The van der Waals surface area contributed by atoms with Gasteiger partial charge in [-0.05, 0) is 23.8 Å². The summed E-state index contributed by atoms with van der Waals surface area (Å²) in [5.74, 6) is -0.977. The van der Waals surface area contributed by atoms with Crippen LogP contribution in [-0.2, 0) is 5.75 Å². The van der Waals surface area contributed by atoms with Crippen molar-refractivity contribution in [1.29, 1.82) is 5.26 Å². The number of halogens is 1. The summed E-state index contributed by atoms with van der Waals surface area (Å²) in [6, 6.07) is 7.78. The number of thioether (sulfide) groups is 1. The summed E-state index contributed by atoms with van der Waals surface area (Å²) >= 11 is 2.51. The predicted molar refractivity (Wildman–Crippen MR) is 72.0 cm³/mol. The van der Waals surface area contributed by atoms with Crippen molar-refractivity contribution in [2.24, 2.45) is 0 Å². The number of benzene rings is 1. The molecule has 96 valence electrons. The van der Waals surface area contributed by atoms with Gasteiger partial charge in [-0.1, -0.05) is 6.07 Å². The van der Waals surface area contributed by atoms with Gasteiger partial charge in [0, 0.05) is 16.0 Å². The molecule has 0 aliphatic rings. The van der Waals surface area contributed by atoms with Crippen molar-refractivity contribution < 1.29 is 14.3 Å². The molecule has 0 bridgehead atoms. The quantitative estimate of drug-likeness (QED) is 0.872. The molecule has 19 heavy (non-hydrogen) atoms. The summed E-state index contributed by atoms with van der Waals surface area (Å²) in [5.41, 5.74) is 0.780. The van der Waals surface area contributed by atoms with Gasteiger partial charge in [0.1, 0.15) is 10.7 Å². The molecule has 0 saturated heterocycles. The van der Waals surface area contributed by atoms with Gasteiger partial charge in [0.2, 0.25) is 0 Å². The standard InChI is InChI=1S/C13H8FNO2S2/c14-11-3-8(5-15)1-2-9(11)6-18-10-4-12(13(16)17)19-7-10/h1-4,7H,6H2,(H,16,17). The van der Waals surface area contributed by atoms with Crippen LogP contribution < -0.4 is 0 Å². The smallest absolute Gasteiger partial charge is 0.345 e. The Labute approximate surface area is 117 Å². The molecular formula is C13H8FNO2S2. The van der Waals surface area contributed by atoms with Crippen molar-refractivity contribution in [3.63, 3.8) is 0 Å². The Morgan fingerprint density at radius 1 is 1.47 bits per heavy atom. The first-order chi connectivity index (χ1) is 9.10. The zero-order chi connectivity index (χ0) is 13.8. The van der Waals surface area contributed by atoms with E-state index in [-0.39, 0.29) is 10.4 Å². The summed E-state index contributed by atoms with van der Waals surface area (Å²) in [6.45, 7) is 0. The second-order valence-corrected chi connectivity index (χ2v) is 5.62. The lowest BCUT2D eigenvalue weighted by Gasteiger charge is -2.02. The van der Waals surface area contributed by atoms with Crippen molar-refractivity contribution in [3.05, 3.63) is 51.5 Å². The number of nitriles is 1. The van der Waals surface area contributed by atoms with Crippen LogP contribution in [0.15, 0.2) is 34.5 Å². The molecule has 0 aliphatic carbocycles. The molecule has 0 radical (unpaired) electrons. The number of hydrogen-bond donors (Lipinski definition) is 1. The molecule has 2 rings (SSSR count). The van der Waals surface area contributed by atoms with Crippen LogP contribution in [0.5, 0.6) is 0 Å². The minimum Gasteiger partial charge on any atom is -0.477 e. The summed E-state index contributed by atoms with van der Waals surface area (Å²) in [4.78, 5) is 11.8. The number of carboxylic acids is 1. The van der Waals surface area contributed by atoms with E-state index in [0.717, 1.165) is 16.2 Å². The third kappa shape index (κ3) is 3.34.